The van der Waals surface area contributed by atoms with Crippen LogP contribution in [0.15, 0.2) is 84.0 Å². The first-order valence-corrected chi connectivity index (χ1v) is 13.3. The lowest BCUT2D eigenvalue weighted by Gasteiger charge is -2.07. The van der Waals surface area contributed by atoms with Gasteiger partial charge in [-0.3, -0.25) is 9.59 Å². The number of nitrogens with zero attached hydrogens (tertiary/aromatic N) is 2. The summed E-state index contributed by atoms with van der Waals surface area (Å²) in [5.41, 5.74) is 9.35. The van der Waals surface area contributed by atoms with Crippen LogP contribution in [0.25, 0.3) is 21.5 Å². The quantitative estimate of drug-likeness (QED) is 0.129. The lowest BCUT2D eigenvalue weighted by atomic mass is 10.1. The second-order valence-electron chi connectivity index (χ2n) is 7.80. The molecule has 3 aromatic carbocycles. The SMILES string of the molecule is Nc1c(C(=O)c2ccc(Cl)cc2)sc2nc(SCC(=O)c3ccc(Cl)cc3)nc(-c3ccccc3)c12. The highest BCUT2D eigenvalue weighted by Crippen LogP contribution is 2.40. The Morgan fingerprint density at radius 2 is 1.44 bits per heavy atom. The van der Waals surface area contributed by atoms with Crippen molar-refractivity contribution in [1.82, 2.24) is 9.97 Å². The van der Waals surface area contributed by atoms with Crippen LogP contribution in [-0.4, -0.2) is 27.3 Å². The average Bonchev–Trinajstić information content (AvgIpc) is 3.24. The summed E-state index contributed by atoms with van der Waals surface area (Å²) < 4.78 is 0. The van der Waals surface area contributed by atoms with Crippen LogP contribution in [0.5, 0.6) is 0 Å². The average molecular weight is 550 g/mol. The van der Waals surface area contributed by atoms with E-state index in [4.69, 9.17) is 33.9 Å². The number of thioether (sulfide) groups is 1. The Hall–Kier alpha value is -3.23. The molecule has 178 valence electrons. The van der Waals surface area contributed by atoms with Crippen LogP contribution in [0.3, 0.4) is 0 Å². The van der Waals surface area contributed by atoms with E-state index in [0.29, 0.717) is 52.8 Å². The molecule has 0 amide bonds. The summed E-state index contributed by atoms with van der Waals surface area (Å²) in [6.07, 6.45) is 0. The minimum absolute atomic E-state index is 0.0640. The van der Waals surface area contributed by atoms with Crippen LogP contribution in [0.4, 0.5) is 5.69 Å². The van der Waals surface area contributed by atoms with Gasteiger partial charge in [0.2, 0.25) is 5.78 Å². The molecule has 5 rings (SSSR count). The number of Topliss-reactive ketones (excluding diaryl/α,β-unsaturated/α-hetero) is 1. The number of carbonyl (C=O) groups is 2. The number of thiophene rings is 1. The van der Waals surface area contributed by atoms with Gasteiger partial charge in [0.1, 0.15) is 9.71 Å². The van der Waals surface area contributed by atoms with Gasteiger partial charge in [-0.25, -0.2) is 9.97 Å². The number of ketones is 2. The van der Waals surface area contributed by atoms with Crippen LogP contribution in [-0.2, 0) is 0 Å². The molecule has 5 nitrogen and oxygen atoms in total. The van der Waals surface area contributed by atoms with Gasteiger partial charge in [0.05, 0.1) is 22.5 Å². The second kappa shape index (κ2) is 10.4. The van der Waals surface area contributed by atoms with Crippen molar-refractivity contribution in [3.05, 3.63) is 105 Å². The zero-order chi connectivity index (χ0) is 25.2. The smallest absolute Gasteiger partial charge is 0.205 e. The fraction of sp³-hybridized carbons (Fsp3) is 0.0370. The molecule has 2 N–H and O–H groups in total. The lowest BCUT2D eigenvalue weighted by molar-refractivity contribution is 0.101. The molecule has 5 aromatic rings. The number of anilines is 1. The Morgan fingerprint density at radius 3 is 2.08 bits per heavy atom. The van der Waals surface area contributed by atoms with Gasteiger partial charge >= 0.3 is 0 Å². The summed E-state index contributed by atoms with van der Waals surface area (Å²) in [7, 11) is 0. The van der Waals surface area contributed by atoms with Gasteiger partial charge in [-0.1, -0.05) is 65.3 Å². The molecule has 36 heavy (non-hydrogen) atoms. The molecule has 0 aliphatic carbocycles. The van der Waals surface area contributed by atoms with Gasteiger partial charge in [0.25, 0.3) is 0 Å². The molecule has 0 radical (unpaired) electrons. The number of nitrogen functional groups attached to an aromatic ring is 1. The minimum atomic E-state index is -0.210. The zero-order valence-corrected chi connectivity index (χ0v) is 21.7. The number of hydrogen-bond donors (Lipinski definition) is 1. The minimum Gasteiger partial charge on any atom is -0.397 e. The molecule has 2 aromatic heterocycles. The van der Waals surface area contributed by atoms with E-state index >= 15 is 0 Å². The number of benzene rings is 3. The number of carbonyl (C=O) groups excluding carboxylic acids is 2. The van der Waals surface area contributed by atoms with Crippen molar-refractivity contribution in [2.75, 3.05) is 11.5 Å². The third-order valence-corrected chi connectivity index (χ3v) is 7.88. The normalized spacial score (nSPS) is 11.1. The standard InChI is InChI=1S/C27H17Cl2N3O2S2/c28-18-10-6-15(7-11-18)20(33)14-35-27-31-23(16-4-2-1-3-5-16)21-22(30)25(36-26(21)32-27)24(34)17-8-12-19(29)13-9-17/h1-13H,14,30H2. The highest BCUT2D eigenvalue weighted by atomic mass is 35.5. The van der Waals surface area contributed by atoms with Crippen molar-refractivity contribution in [3.63, 3.8) is 0 Å². The summed E-state index contributed by atoms with van der Waals surface area (Å²) in [6, 6.07) is 23.0. The van der Waals surface area contributed by atoms with Crippen molar-refractivity contribution in [1.29, 1.82) is 0 Å². The molecule has 0 aliphatic heterocycles. The van der Waals surface area contributed by atoms with Crippen LogP contribution < -0.4 is 5.73 Å². The van der Waals surface area contributed by atoms with E-state index in [1.54, 1.807) is 48.5 Å². The summed E-state index contributed by atoms with van der Waals surface area (Å²) in [5, 5.41) is 2.16. The first-order chi connectivity index (χ1) is 17.4. The maximum Gasteiger partial charge on any atom is 0.205 e. The lowest BCUT2D eigenvalue weighted by Crippen LogP contribution is -2.03. The molecule has 0 bridgehead atoms. The number of fused-ring (bicyclic) bond motifs is 1. The predicted molar refractivity (Wildman–Crippen MR) is 149 cm³/mol. The fourth-order valence-electron chi connectivity index (χ4n) is 3.62. The molecular formula is C27H17Cl2N3O2S2. The summed E-state index contributed by atoms with van der Waals surface area (Å²) in [6.45, 7) is 0. The van der Waals surface area contributed by atoms with Crippen LogP contribution in [0.2, 0.25) is 10.0 Å². The number of nitrogens with two attached hydrogens (primary N) is 1. The van der Waals surface area contributed by atoms with E-state index in [-0.39, 0.29) is 17.3 Å². The van der Waals surface area contributed by atoms with Crippen LogP contribution >= 0.6 is 46.3 Å². The molecule has 0 saturated heterocycles. The van der Waals surface area contributed by atoms with Gasteiger partial charge in [-0.15, -0.1) is 11.3 Å². The van der Waals surface area contributed by atoms with Crippen molar-refractivity contribution in [2.45, 2.75) is 5.16 Å². The first-order valence-electron chi connectivity index (χ1n) is 10.8. The van der Waals surface area contributed by atoms with Crippen LogP contribution in [0, 0.1) is 0 Å². The van der Waals surface area contributed by atoms with E-state index in [2.05, 4.69) is 4.98 Å². The van der Waals surface area contributed by atoms with Crippen molar-refractivity contribution >= 4 is 73.8 Å². The second-order valence-corrected chi connectivity index (χ2v) is 10.6. The zero-order valence-electron chi connectivity index (χ0n) is 18.6. The van der Waals surface area contributed by atoms with E-state index in [0.717, 1.165) is 5.56 Å². The van der Waals surface area contributed by atoms with Crippen LogP contribution in [0.1, 0.15) is 25.6 Å². The van der Waals surface area contributed by atoms with E-state index in [1.165, 1.54) is 23.1 Å². The van der Waals surface area contributed by atoms with E-state index < -0.39 is 0 Å². The molecule has 9 heteroatoms. The van der Waals surface area contributed by atoms with Gasteiger partial charge in [-0.05, 0) is 48.5 Å². The predicted octanol–water partition coefficient (Wildman–Crippen LogP) is 7.45. The first kappa shape index (κ1) is 24.5. The van der Waals surface area contributed by atoms with E-state index in [9.17, 15) is 9.59 Å². The molecule has 0 saturated carbocycles. The van der Waals surface area contributed by atoms with E-state index in [1.807, 2.05) is 30.3 Å². The molecule has 0 unspecified atom stereocenters. The van der Waals surface area contributed by atoms with Crippen molar-refractivity contribution in [2.24, 2.45) is 0 Å². The maximum atomic E-state index is 13.3. The molecule has 0 aliphatic rings. The summed E-state index contributed by atoms with van der Waals surface area (Å²) in [4.78, 5) is 36.3. The van der Waals surface area contributed by atoms with Gasteiger partial charge in [0, 0.05) is 26.7 Å². The topological polar surface area (TPSA) is 85.9 Å². The maximum absolute atomic E-state index is 13.3. The Kier molecular flexibility index (Phi) is 7.07. The Balaban J connectivity index is 1.54. The molecular weight excluding hydrogens is 533 g/mol. The largest absolute Gasteiger partial charge is 0.397 e. The number of hydrogen-bond acceptors (Lipinski definition) is 7. The molecule has 0 atom stereocenters. The van der Waals surface area contributed by atoms with Gasteiger partial charge < -0.3 is 5.73 Å². The van der Waals surface area contributed by atoms with Crippen molar-refractivity contribution < 1.29 is 9.59 Å². The fourth-order valence-corrected chi connectivity index (χ4v) is 5.73. The third-order valence-electron chi connectivity index (χ3n) is 5.43. The highest BCUT2D eigenvalue weighted by Gasteiger charge is 2.23. The highest BCUT2D eigenvalue weighted by molar-refractivity contribution is 7.99. The molecule has 0 spiro atoms. The summed E-state index contributed by atoms with van der Waals surface area (Å²) >= 11 is 14.4. The Morgan fingerprint density at radius 1 is 0.833 bits per heavy atom. The van der Waals surface area contributed by atoms with Crippen molar-refractivity contribution in [3.8, 4) is 11.3 Å². The Labute approximate surface area is 225 Å². The summed E-state index contributed by atoms with van der Waals surface area (Å²) in [5.74, 6) is -0.122. The van der Waals surface area contributed by atoms with Gasteiger partial charge in [-0.2, -0.15) is 0 Å². The number of aromatic nitrogens is 2. The third kappa shape index (κ3) is 5.01. The monoisotopic (exact) mass is 549 g/mol. The van der Waals surface area contributed by atoms with Gasteiger partial charge in [0.15, 0.2) is 10.9 Å². The molecule has 0 fully saturated rings. The number of halogens is 2. The Bertz CT molecular complexity index is 1590. The molecule has 2 heterocycles. The number of rotatable bonds is 7.